The molecule has 0 saturated heterocycles. The highest BCUT2D eigenvalue weighted by Gasteiger charge is 2.34. The number of nitrogens with zero attached hydrogens (tertiary/aromatic N) is 5. The lowest BCUT2D eigenvalue weighted by Gasteiger charge is -2.17. The molecule has 2 atom stereocenters. The van der Waals surface area contributed by atoms with E-state index < -0.39 is 32.4 Å². The molecular weight excluding hydrogens is 993 g/mol. The normalized spacial score (nSPS) is 14.8. The monoisotopic (exact) mass is 1030 g/mol. The molecule has 64 heavy (non-hydrogen) atoms. The Hall–Kier alpha value is -3.28. The van der Waals surface area contributed by atoms with Crippen LogP contribution >= 0.6 is 69.1 Å². The third kappa shape index (κ3) is 9.88. The Labute approximate surface area is 397 Å². The predicted octanol–water partition coefficient (Wildman–Crippen LogP) is 9.53. The van der Waals surface area contributed by atoms with Gasteiger partial charge in [0.15, 0.2) is 8.42 Å². The van der Waals surface area contributed by atoms with Crippen LogP contribution in [-0.2, 0) is 33.1 Å². The van der Waals surface area contributed by atoms with Crippen LogP contribution in [0.4, 0.5) is 0 Å². The van der Waals surface area contributed by atoms with Crippen molar-refractivity contribution >= 4 is 89.3 Å². The summed E-state index contributed by atoms with van der Waals surface area (Å²) < 4.78 is 82.4. The van der Waals surface area contributed by atoms with Crippen LogP contribution in [0.25, 0.3) is 32.5 Å². The first-order chi connectivity index (χ1) is 30.4. The molecule has 4 aromatic heterocycles. The zero-order valence-electron chi connectivity index (χ0n) is 33.9. The molecule has 15 nitrogen and oxygen atoms in total. The van der Waals surface area contributed by atoms with Crippen LogP contribution in [-0.4, -0.2) is 94.0 Å². The third-order valence-electron chi connectivity index (χ3n) is 11.0. The number of unbranched alkanes of at least 4 members (excludes halogenated alkanes) is 2. The second-order valence-electron chi connectivity index (χ2n) is 15.4. The molecule has 0 aliphatic carbocycles. The largest absolute Gasteiger partial charge is 0.492 e. The molecule has 6 aromatic rings. The summed E-state index contributed by atoms with van der Waals surface area (Å²) in [7, 11) is -7.02. The fourth-order valence-electron chi connectivity index (χ4n) is 7.94. The van der Waals surface area contributed by atoms with E-state index in [2.05, 4.69) is 4.90 Å². The fraction of sp³-hybridized carbons (Fsp3) is 0.366. The highest BCUT2D eigenvalue weighted by molar-refractivity contribution is 7.88. The highest BCUT2D eigenvalue weighted by atomic mass is 35.5. The number of fused-ring (bicyclic) bond motifs is 6. The molecule has 23 heteroatoms. The van der Waals surface area contributed by atoms with Gasteiger partial charge in [-0.1, -0.05) is 46.4 Å². The first-order valence-electron chi connectivity index (χ1n) is 20.1. The molecule has 342 valence electrons. The number of aromatic nitrogens is 4. The molecule has 4 N–H and O–H groups in total. The van der Waals surface area contributed by atoms with E-state index in [1.165, 1.54) is 12.1 Å². The van der Waals surface area contributed by atoms with E-state index in [4.69, 9.17) is 66.1 Å². The fourth-order valence-corrected chi connectivity index (χ4v) is 12.6. The SMILES string of the molecule is CN(CCCCC(O)c1nn(-c2ccc(Cl)cc2Cl)c2c1CCOc1cc(S(=O)(=O)O)sc1-2)CCCCC(O)c1nn(-c2ccc(Cl)cc2Cl)c2c1CCOc1cc(S(=O)(=O)O)sc1-2. The Kier molecular flexibility index (Phi) is 14.1. The average molecular weight is 1030 g/mol. The van der Waals surface area contributed by atoms with Crippen molar-refractivity contribution in [2.45, 2.75) is 72.0 Å². The van der Waals surface area contributed by atoms with Gasteiger partial charge in [0.05, 0.1) is 79.4 Å². The summed E-state index contributed by atoms with van der Waals surface area (Å²) >= 11 is 27.3. The molecule has 6 heterocycles. The van der Waals surface area contributed by atoms with Crippen molar-refractivity contribution in [2.75, 3.05) is 33.4 Å². The van der Waals surface area contributed by atoms with E-state index in [9.17, 15) is 36.2 Å². The van der Waals surface area contributed by atoms with E-state index in [-0.39, 0.29) is 33.1 Å². The van der Waals surface area contributed by atoms with Gasteiger partial charge in [0, 0.05) is 46.1 Å². The van der Waals surface area contributed by atoms with Crippen LogP contribution in [0.1, 0.15) is 73.2 Å². The minimum absolute atomic E-state index is 0.193. The standard InChI is InChI=1S/C41H41Cl4N5O10S4/c1-48(14-4-2-6-30(51)36-24-12-16-59-32-20-34(63(53,54)55)61-40(32)38(24)49(46-36)28-10-8-22(42)18-26(28)44)15-5-3-7-31(52)37-25-13-17-60-33-21-35(64(56,57)58)62-41(33)39(25)50(47-37)29-11-9-23(43)19-27(29)45/h8-11,18-21,30-31,51-52H,2-7,12-17H2,1H3,(H,53,54,55)(H,56,57,58). The predicted molar refractivity (Wildman–Crippen MR) is 247 cm³/mol. The number of halogens is 4. The van der Waals surface area contributed by atoms with Gasteiger partial charge >= 0.3 is 20.2 Å². The Morgan fingerprint density at radius 3 is 1.45 bits per heavy atom. The zero-order valence-corrected chi connectivity index (χ0v) is 40.2. The Bertz CT molecular complexity index is 2760. The molecule has 2 unspecified atom stereocenters. The summed E-state index contributed by atoms with van der Waals surface area (Å²) in [6.07, 6.45) is 2.58. The summed E-state index contributed by atoms with van der Waals surface area (Å²) in [4.78, 5) is 3.06. The molecule has 2 aliphatic rings. The maximum absolute atomic E-state index is 12.1. The Morgan fingerprint density at radius 2 is 1.08 bits per heavy atom. The second kappa shape index (κ2) is 19.1. The first kappa shape index (κ1) is 47.2. The third-order valence-corrected chi connectivity index (χ3v) is 16.9. The van der Waals surface area contributed by atoms with Gasteiger partial charge in [-0.25, -0.2) is 9.36 Å². The number of thiophene rings is 2. The number of aliphatic hydroxyl groups excluding tert-OH is 2. The summed E-state index contributed by atoms with van der Waals surface area (Å²) in [5.74, 6) is 0.551. The molecule has 0 fully saturated rings. The molecule has 2 aliphatic heterocycles. The van der Waals surface area contributed by atoms with Crippen molar-refractivity contribution in [3.05, 3.63) is 91.1 Å². The van der Waals surface area contributed by atoms with Gasteiger partial charge in [-0.3, -0.25) is 9.11 Å². The lowest BCUT2D eigenvalue weighted by Crippen LogP contribution is -2.21. The smallest absolute Gasteiger partial charge is 0.304 e. The van der Waals surface area contributed by atoms with Crippen LogP contribution in [0, 0.1) is 0 Å². The van der Waals surface area contributed by atoms with Crippen LogP contribution in [0.2, 0.25) is 20.1 Å². The summed E-state index contributed by atoms with van der Waals surface area (Å²) in [5, 5.41) is 34.2. The number of aliphatic hydroxyl groups is 2. The van der Waals surface area contributed by atoms with E-state index in [1.807, 2.05) is 7.05 Å². The molecule has 2 aromatic carbocycles. The van der Waals surface area contributed by atoms with Crippen molar-refractivity contribution in [1.82, 2.24) is 24.5 Å². The first-order valence-corrected chi connectivity index (χ1v) is 26.1. The van der Waals surface area contributed by atoms with Gasteiger partial charge in [0.1, 0.15) is 11.5 Å². The maximum Gasteiger partial charge on any atom is 0.304 e. The van der Waals surface area contributed by atoms with Gasteiger partial charge in [-0.15, -0.1) is 22.7 Å². The number of ether oxygens (including phenoxy) is 2. The Balaban J connectivity index is 0.905. The Morgan fingerprint density at radius 1 is 0.672 bits per heavy atom. The second-order valence-corrected chi connectivity index (χ2v) is 22.5. The molecule has 0 radical (unpaired) electrons. The quantitative estimate of drug-likeness (QED) is 0.0527. The van der Waals surface area contributed by atoms with E-state index in [0.717, 1.165) is 48.6 Å². The summed E-state index contributed by atoms with van der Waals surface area (Å²) in [6.45, 7) is 1.89. The van der Waals surface area contributed by atoms with E-state index in [0.29, 0.717) is 114 Å². The number of hydrogen-bond acceptors (Lipinski definition) is 13. The highest BCUT2D eigenvalue weighted by Crippen LogP contribution is 2.48. The van der Waals surface area contributed by atoms with Crippen LogP contribution in [0.3, 0.4) is 0 Å². The molecule has 0 saturated carbocycles. The molecular formula is C41H41Cl4N5O10S4. The maximum atomic E-state index is 12.1. The van der Waals surface area contributed by atoms with Crippen molar-refractivity contribution in [3.63, 3.8) is 0 Å². The summed E-state index contributed by atoms with van der Waals surface area (Å²) in [5.41, 5.74) is 4.21. The van der Waals surface area contributed by atoms with Crippen molar-refractivity contribution in [2.24, 2.45) is 0 Å². The topological polar surface area (TPSA) is 207 Å². The lowest BCUT2D eigenvalue weighted by molar-refractivity contribution is 0.153. The van der Waals surface area contributed by atoms with Crippen molar-refractivity contribution in [3.8, 4) is 44.0 Å². The number of rotatable bonds is 16. The minimum atomic E-state index is -4.52. The van der Waals surface area contributed by atoms with Crippen molar-refractivity contribution in [1.29, 1.82) is 0 Å². The van der Waals surface area contributed by atoms with Gasteiger partial charge < -0.3 is 24.6 Å². The molecule has 0 bridgehead atoms. The average Bonchev–Trinajstić information content (AvgIpc) is 3.98. The molecule has 0 amide bonds. The lowest BCUT2D eigenvalue weighted by atomic mass is 10.0. The van der Waals surface area contributed by atoms with Crippen LogP contribution in [0.15, 0.2) is 56.9 Å². The zero-order chi connectivity index (χ0) is 45.7. The van der Waals surface area contributed by atoms with E-state index in [1.54, 1.807) is 45.8 Å². The van der Waals surface area contributed by atoms with Gasteiger partial charge in [-0.2, -0.15) is 27.0 Å². The summed E-state index contributed by atoms with van der Waals surface area (Å²) in [6, 6.07) is 12.4. The molecule has 0 spiro atoms. The number of benzene rings is 2. The number of hydrogen-bond donors (Lipinski definition) is 4. The minimum Gasteiger partial charge on any atom is -0.492 e. The van der Waals surface area contributed by atoms with Crippen LogP contribution < -0.4 is 9.47 Å². The van der Waals surface area contributed by atoms with Gasteiger partial charge in [0.2, 0.25) is 0 Å². The van der Waals surface area contributed by atoms with Crippen LogP contribution in [0.5, 0.6) is 11.5 Å². The van der Waals surface area contributed by atoms with Gasteiger partial charge in [0.25, 0.3) is 0 Å². The van der Waals surface area contributed by atoms with E-state index >= 15 is 0 Å². The van der Waals surface area contributed by atoms with Gasteiger partial charge in [-0.05, 0) is 95.1 Å². The van der Waals surface area contributed by atoms with Crippen molar-refractivity contribution < 1.29 is 45.6 Å². The molecule has 8 rings (SSSR count).